The Morgan fingerprint density at radius 2 is 2.00 bits per heavy atom. The molecule has 4 aliphatic carbocycles. The number of hydrogen-bond acceptors (Lipinski definition) is 5. The summed E-state index contributed by atoms with van der Waals surface area (Å²) >= 11 is 0. The Morgan fingerprint density at radius 3 is 2.71 bits per heavy atom. The molecule has 0 aromatic rings. The van der Waals surface area contributed by atoms with Crippen LogP contribution in [0.2, 0.25) is 0 Å². The van der Waals surface area contributed by atoms with E-state index in [0.717, 1.165) is 51.0 Å². The first-order valence-electron chi connectivity index (χ1n) is 11.0. The van der Waals surface area contributed by atoms with Gasteiger partial charge in [0.05, 0.1) is 17.9 Å². The highest BCUT2D eigenvalue weighted by molar-refractivity contribution is 5.87. The van der Waals surface area contributed by atoms with Crippen LogP contribution in [0, 0.1) is 34.5 Å². The van der Waals surface area contributed by atoms with Gasteiger partial charge in [0.2, 0.25) is 0 Å². The lowest BCUT2D eigenvalue weighted by Gasteiger charge is -2.61. The van der Waals surface area contributed by atoms with Gasteiger partial charge in [0.15, 0.2) is 0 Å². The van der Waals surface area contributed by atoms with Gasteiger partial charge in [0, 0.05) is 24.3 Å². The Morgan fingerprint density at radius 1 is 1.21 bits per heavy atom. The maximum absolute atomic E-state index is 12.6. The van der Waals surface area contributed by atoms with Crippen LogP contribution in [-0.4, -0.2) is 36.9 Å². The molecule has 6 heteroatoms. The highest BCUT2D eigenvalue weighted by Gasteiger charge is 2.69. The first-order valence-corrected chi connectivity index (χ1v) is 11.0. The standard InChI is InChI=1S/C22H34N2O3.ClH/c1-20-7-5-14(24-27-10-9-23)11-18(20)22(13-26-22)12-15-16-3-4-19(25)21(16,2)8-6-17(15)20;/h15-18H,3-13,23H2,1-2H3;1H/b24-14+;/t15-,16-,17-,18-,20+,21-,22+;/m0./s1. The molecule has 0 bridgehead atoms. The lowest BCUT2D eigenvalue weighted by Crippen LogP contribution is -2.59. The quantitative estimate of drug-likeness (QED) is 0.437. The Labute approximate surface area is 174 Å². The number of ether oxygens (including phenoxy) is 1. The molecule has 5 rings (SSSR count). The average molecular weight is 411 g/mol. The smallest absolute Gasteiger partial charge is 0.139 e. The maximum atomic E-state index is 12.6. The molecule has 7 atom stereocenters. The predicted octanol–water partition coefficient (Wildman–Crippen LogP) is 3.73. The third-order valence-corrected chi connectivity index (χ3v) is 9.32. The molecule has 0 amide bonds. The molecule has 1 heterocycles. The molecule has 0 unspecified atom stereocenters. The minimum Gasteiger partial charge on any atom is -0.395 e. The lowest BCUT2D eigenvalue weighted by molar-refractivity contribution is -0.145. The van der Waals surface area contributed by atoms with E-state index < -0.39 is 0 Å². The van der Waals surface area contributed by atoms with E-state index in [1.54, 1.807) is 0 Å². The van der Waals surface area contributed by atoms with E-state index in [1.165, 1.54) is 18.6 Å². The summed E-state index contributed by atoms with van der Waals surface area (Å²) in [5.74, 6) is 3.03. The molecule has 4 saturated carbocycles. The van der Waals surface area contributed by atoms with Gasteiger partial charge in [-0.3, -0.25) is 4.79 Å². The van der Waals surface area contributed by atoms with Crippen LogP contribution in [0.5, 0.6) is 0 Å². The van der Waals surface area contributed by atoms with Crippen molar-refractivity contribution in [2.45, 2.75) is 70.8 Å². The van der Waals surface area contributed by atoms with Crippen LogP contribution in [0.4, 0.5) is 0 Å². The monoisotopic (exact) mass is 410 g/mol. The number of hydrogen-bond donors (Lipinski definition) is 1. The molecule has 5 aliphatic rings. The molecular formula is C22H35ClN2O3. The van der Waals surface area contributed by atoms with Crippen molar-refractivity contribution in [1.29, 1.82) is 0 Å². The number of carbonyl (C=O) groups excluding carboxylic acids is 1. The topological polar surface area (TPSA) is 77.2 Å². The first-order chi connectivity index (χ1) is 12.9. The Kier molecular flexibility index (Phi) is 5.12. The molecule has 0 aromatic carbocycles. The summed E-state index contributed by atoms with van der Waals surface area (Å²) in [6, 6.07) is 0. The molecule has 5 fully saturated rings. The fourth-order valence-corrected chi connectivity index (χ4v) is 7.78. The number of rotatable bonds is 3. The minimum atomic E-state index is -0.0577. The van der Waals surface area contributed by atoms with E-state index in [-0.39, 0.29) is 23.4 Å². The number of oxime groups is 1. The summed E-state index contributed by atoms with van der Waals surface area (Å²) < 4.78 is 6.20. The van der Waals surface area contributed by atoms with E-state index in [9.17, 15) is 4.79 Å². The lowest BCUT2D eigenvalue weighted by atomic mass is 9.43. The van der Waals surface area contributed by atoms with E-state index in [4.69, 9.17) is 15.3 Å². The molecule has 5 nitrogen and oxygen atoms in total. The van der Waals surface area contributed by atoms with Gasteiger partial charge in [0.1, 0.15) is 12.4 Å². The minimum absolute atomic E-state index is 0. The second-order valence-electron chi connectivity index (χ2n) is 10.4. The van der Waals surface area contributed by atoms with Crippen molar-refractivity contribution in [1.82, 2.24) is 0 Å². The maximum Gasteiger partial charge on any atom is 0.139 e. The van der Waals surface area contributed by atoms with Crippen LogP contribution in [0.15, 0.2) is 5.16 Å². The van der Waals surface area contributed by atoms with Crippen LogP contribution >= 0.6 is 12.4 Å². The number of halogens is 1. The van der Waals surface area contributed by atoms with Crippen LogP contribution in [-0.2, 0) is 14.4 Å². The summed E-state index contributed by atoms with van der Waals surface area (Å²) in [6.45, 7) is 6.68. The van der Waals surface area contributed by atoms with Gasteiger partial charge in [-0.15, -0.1) is 12.4 Å². The van der Waals surface area contributed by atoms with Gasteiger partial charge in [0.25, 0.3) is 0 Å². The summed E-state index contributed by atoms with van der Waals surface area (Å²) in [5.41, 5.74) is 7.00. The highest BCUT2D eigenvalue weighted by Crippen LogP contribution is 2.70. The van der Waals surface area contributed by atoms with Crippen molar-refractivity contribution in [2.24, 2.45) is 45.4 Å². The Hall–Kier alpha value is -0.650. The van der Waals surface area contributed by atoms with Gasteiger partial charge in [-0.05, 0) is 68.1 Å². The van der Waals surface area contributed by atoms with Gasteiger partial charge in [-0.2, -0.15) is 0 Å². The SMILES string of the molecule is C[C@]12CC/C(=N\OCCN)C[C@@H]1[C@]1(CO1)C[C@@H]1[C@@H]2CC[C@]2(C)C(=O)CC[C@@H]12.Cl. The largest absolute Gasteiger partial charge is 0.395 e. The first kappa shape index (κ1) is 20.6. The third kappa shape index (κ3) is 2.79. The van der Waals surface area contributed by atoms with Crippen LogP contribution < -0.4 is 5.73 Å². The second-order valence-corrected chi connectivity index (χ2v) is 10.4. The van der Waals surface area contributed by atoms with Gasteiger partial charge < -0.3 is 15.3 Å². The van der Waals surface area contributed by atoms with Crippen LogP contribution in [0.25, 0.3) is 0 Å². The number of carbonyl (C=O) groups is 1. The number of ketones is 1. The normalized spacial score (nSPS) is 50.5. The molecule has 1 spiro atoms. The number of nitrogens with two attached hydrogens (primary N) is 1. The number of fused-ring (bicyclic) bond motifs is 6. The van der Waals surface area contributed by atoms with Crippen molar-refractivity contribution in [2.75, 3.05) is 19.8 Å². The Balaban J connectivity index is 0.00000192. The highest BCUT2D eigenvalue weighted by atomic mass is 35.5. The number of nitrogens with zero attached hydrogens (tertiary/aromatic N) is 1. The molecule has 2 N–H and O–H groups in total. The molecule has 28 heavy (non-hydrogen) atoms. The molecule has 1 saturated heterocycles. The van der Waals surface area contributed by atoms with Gasteiger partial charge in [-0.25, -0.2) is 0 Å². The summed E-state index contributed by atoms with van der Waals surface area (Å²) in [6.07, 6.45) is 8.56. The van der Waals surface area contributed by atoms with Crippen molar-refractivity contribution in [3.8, 4) is 0 Å². The zero-order chi connectivity index (χ0) is 18.9. The molecule has 158 valence electrons. The van der Waals surface area contributed by atoms with Gasteiger partial charge in [-0.1, -0.05) is 19.0 Å². The van der Waals surface area contributed by atoms with Crippen LogP contribution in [0.3, 0.4) is 0 Å². The molecule has 1 aliphatic heterocycles. The van der Waals surface area contributed by atoms with Crippen molar-refractivity contribution >= 4 is 23.9 Å². The average Bonchev–Trinajstić information content (AvgIpc) is 3.34. The zero-order valence-electron chi connectivity index (χ0n) is 17.2. The van der Waals surface area contributed by atoms with E-state index in [0.29, 0.717) is 42.1 Å². The molecule has 0 aromatic heterocycles. The van der Waals surface area contributed by atoms with E-state index >= 15 is 0 Å². The summed E-state index contributed by atoms with van der Waals surface area (Å²) in [5, 5.41) is 4.40. The predicted molar refractivity (Wildman–Crippen MR) is 110 cm³/mol. The second kappa shape index (κ2) is 6.95. The third-order valence-electron chi connectivity index (χ3n) is 9.32. The van der Waals surface area contributed by atoms with E-state index in [1.807, 2.05) is 0 Å². The Bertz CT molecular complexity index is 679. The van der Waals surface area contributed by atoms with Crippen molar-refractivity contribution < 1.29 is 14.4 Å². The fraction of sp³-hybridized carbons (Fsp3) is 0.909. The summed E-state index contributed by atoms with van der Waals surface area (Å²) in [4.78, 5) is 18.0. The molecule has 0 radical (unpaired) electrons. The molecular weight excluding hydrogens is 376 g/mol. The fourth-order valence-electron chi connectivity index (χ4n) is 7.78. The van der Waals surface area contributed by atoms with Gasteiger partial charge >= 0.3 is 0 Å². The van der Waals surface area contributed by atoms with E-state index in [2.05, 4.69) is 19.0 Å². The van der Waals surface area contributed by atoms with Crippen molar-refractivity contribution in [3.63, 3.8) is 0 Å². The number of epoxide rings is 1. The summed E-state index contributed by atoms with van der Waals surface area (Å²) in [7, 11) is 0. The zero-order valence-corrected chi connectivity index (χ0v) is 18.1. The number of Topliss-reactive ketones (excluding diaryl/α,β-unsaturated/α-hetero) is 1. The van der Waals surface area contributed by atoms with Crippen LogP contribution in [0.1, 0.15) is 65.2 Å². The van der Waals surface area contributed by atoms with Crippen molar-refractivity contribution in [3.05, 3.63) is 0 Å².